The second kappa shape index (κ2) is 6.02. The number of anilines is 1. The van der Waals surface area contributed by atoms with E-state index in [0.29, 0.717) is 17.4 Å². The normalized spacial score (nSPS) is 15.2. The van der Waals surface area contributed by atoms with Gasteiger partial charge in [0.2, 0.25) is 0 Å². The molecular weight excluding hydrogens is 322 g/mol. The maximum absolute atomic E-state index is 6.36. The maximum Gasteiger partial charge on any atom is 0.176 e. The molecule has 0 spiro atoms. The fourth-order valence-electron chi connectivity index (χ4n) is 2.76. The van der Waals surface area contributed by atoms with Crippen molar-refractivity contribution >= 4 is 28.9 Å². The van der Waals surface area contributed by atoms with Crippen LogP contribution in [0.2, 0.25) is 5.02 Å². The SMILES string of the molecule is Cc1cc(N=C2NN(c3ccccc3Cl)Cc3ccccc32)n[nH]1. The quantitative estimate of drug-likeness (QED) is 0.743. The van der Waals surface area contributed by atoms with Gasteiger partial charge in [-0.3, -0.25) is 15.5 Å². The standard InChI is InChI=1S/C18H16ClN5/c1-12-10-17(22-21-12)20-18-14-7-3-2-6-13(14)11-24(23-18)16-9-5-4-8-15(16)19/h2-10H,11H2,1H3,(H2,20,21,22,23). The summed E-state index contributed by atoms with van der Waals surface area (Å²) in [5.74, 6) is 1.40. The molecule has 2 N–H and O–H groups in total. The Morgan fingerprint density at radius 1 is 1.12 bits per heavy atom. The smallest absolute Gasteiger partial charge is 0.176 e. The fourth-order valence-corrected chi connectivity index (χ4v) is 3.00. The molecule has 1 aromatic heterocycles. The Morgan fingerprint density at radius 2 is 1.92 bits per heavy atom. The first kappa shape index (κ1) is 14.8. The monoisotopic (exact) mass is 337 g/mol. The van der Waals surface area contributed by atoms with Crippen LogP contribution in [0.5, 0.6) is 0 Å². The van der Waals surface area contributed by atoms with E-state index in [4.69, 9.17) is 11.6 Å². The van der Waals surface area contributed by atoms with E-state index in [9.17, 15) is 0 Å². The highest BCUT2D eigenvalue weighted by molar-refractivity contribution is 6.33. The molecule has 3 aromatic rings. The number of aryl methyl sites for hydroxylation is 1. The topological polar surface area (TPSA) is 56.3 Å². The zero-order chi connectivity index (χ0) is 16.5. The second-order valence-electron chi connectivity index (χ2n) is 5.68. The zero-order valence-electron chi connectivity index (χ0n) is 13.1. The van der Waals surface area contributed by atoms with Crippen molar-refractivity contribution < 1.29 is 0 Å². The number of H-pyrrole nitrogens is 1. The largest absolute Gasteiger partial charge is 0.281 e. The van der Waals surface area contributed by atoms with Crippen LogP contribution in [0, 0.1) is 6.92 Å². The van der Waals surface area contributed by atoms with E-state index in [2.05, 4.69) is 32.7 Å². The van der Waals surface area contributed by atoms with Crippen molar-refractivity contribution in [2.45, 2.75) is 13.5 Å². The summed E-state index contributed by atoms with van der Waals surface area (Å²) < 4.78 is 0. The molecule has 0 saturated carbocycles. The van der Waals surface area contributed by atoms with Gasteiger partial charge in [-0.05, 0) is 24.6 Å². The Labute approximate surface area is 145 Å². The van der Waals surface area contributed by atoms with Gasteiger partial charge >= 0.3 is 0 Å². The number of halogens is 1. The van der Waals surface area contributed by atoms with Gasteiger partial charge in [0.25, 0.3) is 0 Å². The van der Waals surface area contributed by atoms with Crippen molar-refractivity contribution in [2.24, 2.45) is 4.99 Å². The average molecular weight is 338 g/mol. The summed E-state index contributed by atoms with van der Waals surface area (Å²) in [6.45, 7) is 2.66. The molecule has 120 valence electrons. The number of fused-ring (bicyclic) bond motifs is 1. The fraction of sp³-hybridized carbons (Fsp3) is 0.111. The predicted molar refractivity (Wildman–Crippen MR) is 96.7 cm³/mol. The van der Waals surface area contributed by atoms with Crippen molar-refractivity contribution in [2.75, 3.05) is 5.01 Å². The summed E-state index contributed by atoms with van der Waals surface area (Å²) >= 11 is 6.36. The van der Waals surface area contributed by atoms with Crippen LogP contribution in [0.15, 0.2) is 59.6 Å². The van der Waals surface area contributed by atoms with Crippen molar-refractivity contribution in [3.05, 3.63) is 76.4 Å². The summed E-state index contributed by atoms with van der Waals surface area (Å²) in [5, 5.41) is 9.81. The number of nitrogens with zero attached hydrogens (tertiary/aromatic N) is 3. The summed E-state index contributed by atoms with van der Waals surface area (Å²) in [4.78, 5) is 4.66. The van der Waals surface area contributed by atoms with Gasteiger partial charge in [0, 0.05) is 17.3 Å². The molecule has 0 amide bonds. The summed E-state index contributed by atoms with van der Waals surface area (Å²) in [7, 11) is 0. The number of aromatic amines is 1. The summed E-state index contributed by atoms with van der Waals surface area (Å²) in [6.07, 6.45) is 0. The number of aliphatic imine (C=N–C) groups is 1. The van der Waals surface area contributed by atoms with Gasteiger partial charge in [0.15, 0.2) is 11.7 Å². The molecule has 1 aliphatic rings. The second-order valence-corrected chi connectivity index (χ2v) is 6.08. The number of nitrogens with one attached hydrogen (secondary N) is 2. The molecule has 1 aliphatic heterocycles. The molecule has 0 unspecified atom stereocenters. The van der Waals surface area contributed by atoms with E-state index in [1.54, 1.807) is 0 Å². The first-order valence-electron chi connectivity index (χ1n) is 7.68. The minimum absolute atomic E-state index is 0.644. The van der Waals surface area contributed by atoms with Crippen LogP contribution in [0.25, 0.3) is 0 Å². The summed E-state index contributed by atoms with van der Waals surface area (Å²) in [6, 6.07) is 17.9. The Bertz CT molecular complexity index is 915. The number of amidine groups is 1. The maximum atomic E-state index is 6.36. The average Bonchev–Trinajstić information content (AvgIpc) is 3.00. The van der Waals surface area contributed by atoms with Crippen LogP contribution in [0.4, 0.5) is 11.5 Å². The number of benzene rings is 2. The number of hydrazine groups is 1. The van der Waals surface area contributed by atoms with Crippen molar-refractivity contribution in [1.29, 1.82) is 0 Å². The van der Waals surface area contributed by atoms with E-state index in [1.807, 2.05) is 54.4 Å². The van der Waals surface area contributed by atoms with Crippen molar-refractivity contribution in [3.63, 3.8) is 0 Å². The first-order valence-corrected chi connectivity index (χ1v) is 8.06. The molecule has 24 heavy (non-hydrogen) atoms. The number of hydrogen-bond donors (Lipinski definition) is 2. The van der Waals surface area contributed by atoms with Gasteiger partial charge in [-0.15, -0.1) is 0 Å². The van der Waals surface area contributed by atoms with Gasteiger partial charge < -0.3 is 0 Å². The lowest BCUT2D eigenvalue weighted by atomic mass is 10.0. The van der Waals surface area contributed by atoms with Crippen LogP contribution in [0.1, 0.15) is 16.8 Å². The molecule has 2 heterocycles. The molecule has 0 atom stereocenters. The van der Waals surface area contributed by atoms with Crippen LogP contribution >= 0.6 is 11.6 Å². The third-order valence-corrected chi connectivity index (χ3v) is 4.22. The van der Waals surface area contributed by atoms with Crippen molar-refractivity contribution in [3.8, 4) is 0 Å². The Morgan fingerprint density at radius 3 is 2.71 bits per heavy atom. The Kier molecular flexibility index (Phi) is 3.70. The molecule has 0 bridgehead atoms. The highest BCUT2D eigenvalue weighted by atomic mass is 35.5. The lowest BCUT2D eigenvalue weighted by Gasteiger charge is -2.33. The Balaban J connectivity index is 1.78. The molecular formula is C18H16ClN5. The molecule has 4 rings (SSSR count). The van der Waals surface area contributed by atoms with Gasteiger partial charge in [0.1, 0.15) is 0 Å². The van der Waals surface area contributed by atoms with Gasteiger partial charge in [-0.2, -0.15) is 5.10 Å². The van der Waals surface area contributed by atoms with Crippen LogP contribution < -0.4 is 10.4 Å². The van der Waals surface area contributed by atoms with Gasteiger partial charge in [0.05, 0.1) is 17.3 Å². The van der Waals surface area contributed by atoms with Crippen LogP contribution in [0.3, 0.4) is 0 Å². The number of rotatable bonds is 2. The molecule has 6 heteroatoms. The van der Waals surface area contributed by atoms with Crippen LogP contribution in [-0.2, 0) is 6.54 Å². The number of para-hydroxylation sites is 1. The lowest BCUT2D eigenvalue weighted by molar-refractivity contribution is 0.741. The number of aromatic nitrogens is 2. The van der Waals surface area contributed by atoms with E-state index in [0.717, 1.165) is 22.8 Å². The number of hydrogen-bond acceptors (Lipinski definition) is 3. The zero-order valence-corrected chi connectivity index (χ0v) is 13.9. The molecule has 5 nitrogen and oxygen atoms in total. The molecule has 0 radical (unpaired) electrons. The van der Waals surface area contributed by atoms with Gasteiger partial charge in [-0.1, -0.05) is 48.0 Å². The molecule has 0 aliphatic carbocycles. The summed E-state index contributed by atoms with van der Waals surface area (Å²) in [5.41, 5.74) is 7.51. The first-order chi connectivity index (χ1) is 11.7. The van der Waals surface area contributed by atoms with Crippen molar-refractivity contribution in [1.82, 2.24) is 15.6 Å². The highest BCUT2D eigenvalue weighted by Crippen LogP contribution is 2.28. The van der Waals surface area contributed by atoms with Crippen LogP contribution in [-0.4, -0.2) is 16.0 Å². The minimum atomic E-state index is 0.644. The molecule has 0 fully saturated rings. The minimum Gasteiger partial charge on any atom is -0.281 e. The van der Waals surface area contributed by atoms with Gasteiger partial charge in [-0.25, -0.2) is 4.99 Å². The molecule has 2 aromatic carbocycles. The third kappa shape index (κ3) is 2.74. The third-order valence-electron chi connectivity index (χ3n) is 3.90. The van der Waals surface area contributed by atoms with E-state index in [-0.39, 0.29) is 0 Å². The van der Waals surface area contributed by atoms with E-state index >= 15 is 0 Å². The van der Waals surface area contributed by atoms with E-state index < -0.39 is 0 Å². The van der Waals surface area contributed by atoms with E-state index in [1.165, 1.54) is 5.56 Å². The highest BCUT2D eigenvalue weighted by Gasteiger charge is 2.22. The Hall–Kier alpha value is -2.79. The lowest BCUT2D eigenvalue weighted by Crippen LogP contribution is -2.46. The predicted octanol–water partition coefficient (Wildman–Crippen LogP) is 3.97. The molecule has 0 saturated heterocycles.